The molecule has 330 valence electrons. The first-order chi connectivity index (χ1) is 27.8. The Balaban J connectivity index is 2.27. The topological polar surface area (TPSA) is 3.88 Å². The third kappa shape index (κ3) is 37.4. The van der Waals surface area contributed by atoms with Gasteiger partial charge in [0, 0.05) is 18.1 Å². The van der Waals surface area contributed by atoms with Crippen LogP contribution in [0.15, 0.2) is 18.5 Å². The Kier molecular flexibility index (Phi) is 43.0. The van der Waals surface area contributed by atoms with E-state index in [9.17, 15) is 0 Å². The van der Waals surface area contributed by atoms with Gasteiger partial charge in [-0.2, -0.15) is 0 Å². The molecule has 0 unspecified atom stereocenters. The van der Waals surface area contributed by atoms with Gasteiger partial charge in [0.2, 0.25) is 0 Å². The average Bonchev–Trinajstić information content (AvgIpc) is 3.21. The molecule has 0 bridgehead atoms. The van der Waals surface area contributed by atoms with Crippen molar-refractivity contribution >= 4 is 0 Å². The Bertz CT molecular complexity index is 874. The highest BCUT2D eigenvalue weighted by Crippen LogP contribution is 2.19. The van der Waals surface area contributed by atoms with Gasteiger partial charge in [0.05, 0.1) is 0 Å². The van der Waals surface area contributed by atoms with Gasteiger partial charge in [-0.3, -0.25) is 0 Å². The number of hydrogen-bond donors (Lipinski definition) is 0. The molecule has 0 aliphatic heterocycles. The lowest BCUT2D eigenvalue weighted by Gasteiger charge is -2.10. The van der Waals surface area contributed by atoms with Gasteiger partial charge in [0.25, 0.3) is 0 Å². The van der Waals surface area contributed by atoms with Crippen molar-refractivity contribution in [2.24, 2.45) is 0 Å². The first kappa shape index (κ1) is 53.2. The van der Waals surface area contributed by atoms with E-state index in [1.54, 1.807) is 11.1 Å². The van der Waals surface area contributed by atoms with Crippen LogP contribution in [0.4, 0.5) is 0 Å². The van der Waals surface area contributed by atoms with Crippen molar-refractivity contribution in [1.82, 2.24) is 0 Å². The minimum atomic E-state index is 1.21. The summed E-state index contributed by atoms with van der Waals surface area (Å²) < 4.78 is 2.55. The molecule has 0 spiro atoms. The number of aromatic nitrogens is 1. The van der Waals surface area contributed by atoms with Gasteiger partial charge in [-0.05, 0) is 37.7 Å². The lowest BCUT2D eigenvalue weighted by atomic mass is 9.97. The number of nitrogens with zero attached hydrogens (tertiary/aromatic N) is 1. The van der Waals surface area contributed by atoms with E-state index < -0.39 is 0 Å². The summed E-state index contributed by atoms with van der Waals surface area (Å²) in [5, 5.41) is 0. The van der Waals surface area contributed by atoms with Gasteiger partial charge < -0.3 is 0 Å². The SMILES string of the molecule is CCCCCCCCCCCCCCCCCC[n+]1ccc(CCCCCCCCCCCCCCCC)c(CCCCCCCCCCCCCCCC)c1. The van der Waals surface area contributed by atoms with Crippen LogP contribution >= 0.6 is 0 Å². The molecule has 0 radical (unpaired) electrons. The van der Waals surface area contributed by atoms with Crippen LogP contribution in [0.2, 0.25) is 0 Å². The second-order valence-corrected chi connectivity index (χ2v) is 18.7. The molecule has 1 heteroatoms. The second kappa shape index (κ2) is 45.2. The van der Waals surface area contributed by atoms with Crippen molar-refractivity contribution in [3.63, 3.8) is 0 Å². The Hall–Kier alpha value is -0.850. The third-order valence-electron chi connectivity index (χ3n) is 13.1. The third-order valence-corrected chi connectivity index (χ3v) is 13.1. The molecular weight excluding hydrogens is 675 g/mol. The van der Waals surface area contributed by atoms with Gasteiger partial charge in [0.15, 0.2) is 12.4 Å². The predicted octanol–water partition coefficient (Wildman–Crippen LogP) is 19.3. The quantitative estimate of drug-likeness (QED) is 0.0458. The lowest BCUT2D eigenvalue weighted by Crippen LogP contribution is -2.34. The van der Waals surface area contributed by atoms with Crippen LogP contribution in [-0.4, -0.2) is 0 Å². The predicted molar refractivity (Wildman–Crippen MR) is 254 cm³/mol. The van der Waals surface area contributed by atoms with Crippen LogP contribution < -0.4 is 4.57 Å². The Labute approximate surface area is 355 Å². The summed E-state index contributed by atoms with van der Waals surface area (Å²) in [4.78, 5) is 0. The van der Waals surface area contributed by atoms with Gasteiger partial charge in [-0.15, -0.1) is 0 Å². The second-order valence-electron chi connectivity index (χ2n) is 18.7. The molecule has 0 aromatic carbocycles. The van der Waals surface area contributed by atoms with E-state index in [2.05, 4.69) is 43.8 Å². The van der Waals surface area contributed by atoms with Crippen molar-refractivity contribution in [3.8, 4) is 0 Å². The highest BCUT2D eigenvalue weighted by molar-refractivity contribution is 5.21. The van der Waals surface area contributed by atoms with E-state index >= 15 is 0 Å². The zero-order valence-electron chi connectivity index (χ0n) is 39.4. The van der Waals surface area contributed by atoms with Crippen LogP contribution in [0.1, 0.15) is 314 Å². The molecule has 0 amide bonds. The zero-order chi connectivity index (χ0) is 40.1. The first-order valence-corrected chi connectivity index (χ1v) is 26.8. The van der Waals surface area contributed by atoms with E-state index in [1.165, 1.54) is 302 Å². The highest BCUT2D eigenvalue weighted by Gasteiger charge is 2.10. The molecule has 0 aliphatic rings. The van der Waals surface area contributed by atoms with Crippen LogP contribution in [0.5, 0.6) is 0 Å². The summed E-state index contributed by atoms with van der Waals surface area (Å²) in [6.07, 6.45) is 71.2. The minimum absolute atomic E-state index is 1.21. The molecule has 1 rings (SSSR count). The number of pyridine rings is 1. The number of rotatable bonds is 47. The van der Waals surface area contributed by atoms with Crippen molar-refractivity contribution in [3.05, 3.63) is 29.6 Å². The lowest BCUT2D eigenvalue weighted by molar-refractivity contribution is -0.697. The van der Waals surface area contributed by atoms with E-state index in [4.69, 9.17) is 0 Å². The van der Waals surface area contributed by atoms with E-state index in [0.717, 1.165) is 0 Å². The Morgan fingerprint density at radius 1 is 0.268 bits per heavy atom. The van der Waals surface area contributed by atoms with Crippen molar-refractivity contribution in [1.29, 1.82) is 0 Å². The summed E-state index contributed by atoms with van der Waals surface area (Å²) in [5.41, 5.74) is 3.35. The normalized spacial score (nSPS) is 11.6. The average molecular weight is 781 g/mol. The maximum atomic E-state index is 2.58. The van der Waals surface area contributed by atoms with Crippen LogP contribution in [0.25, 0.3) is 0 Å². The molecule has 0 saturated heterocycles. The van der Waals surface area contributed by atoms with E-state index in [0.29, 0.717) is 0 Å². The Morgan fingerprint density at radius 3 is 0.786 bits per heavy atom. The fourth-order valence-corrected chi connectivity index (χ4v) is 9.09. The summed E-state index contributed by atoms with van der Waals surface area (Å²) in [6.45, 7) is 8.16. The molecule has 0 fully saturated rings. The first-order valence-electron chi connectivity index (χ1n) is 26.8. The van der Waals surface area contributed by atoms with Gasteiger partial charge in [0.1, 0.15) is 6.54 Å². The van der Waals surface area contributed by atoms with Crippen LogP contribution in [-0.2, 0) is 19.4 Å². The summed E-state index contributed by atoms with van der Waals surface area (Å²) >= 11 is 0. The fraction of sp³-hybridized carbons (Fsp3) is 0.909. The molecule has 56 heavy (non-hydrogen) atoms. The molecule has 0 N–H and O–H groups in total. The monoisotopic (exact) mass is 781 g/mol. The van der Waals surface area contributed by atoms with Crippen LogP contribution in [0, 0.1) is 0 Å². The molecule has 1 aromatic rings. The van der Waals surface area contributed by atoms with Gasteiger partial charge >= 0.3 is 0 Å². The fourth-order valence-electron chi connectivity index (χ4n) is 9.09. The molecular formula is C55H106N+. The molecule has 0 aliphatic carbocycles. The number of unbranched alkanes of at least 4 members (excludes halogenated alkanes) is 41. The molecule has 1 aromatic heterocycles. The van der Waals surface area contributed by atoms with E-state index in [-0.39, 0.29) is 0 Å². The number of aryl methyl sites for hydroxylation is 3. The minimum Gasteiger partial charge on any atom is -0.205 e. The summed E-state index contributed by atoms with van der Waals surface area (Å²) in [6, 6.07) is 2.52. The van der Waals surface area contributed by atoms with Crippen molar-refractivity contribution in [2.75, 3.05) is 0 Å². The van der Waals surface area contributed by atoms with Gasteiger partial charge in [-0.25, -0.2) is 4.57 Å². The maximum absolute atomic E-state index is 2.58. The molecule has 0 atom stereocenters. The largest absolute Gasteiger partial charge is 0.205 e. The van der Waals surface area contributed by atoms with Crippen molar-refractivity contribution < 1.29 is 4.57 Å². The molecule has 1 heterocycles. The van der Waals surface area contributed by atoms with E-state index in [1.807, 2.05) is 0 Å². The maximum Gasteiger partial charge on any atom is 0.172 e. The standard InChI is InChI=1S/C55H106N/c1-4-7-10-13-16-19-22-25-28-29-32-35-38-41-44-47-51-56-52-50-54(48-45-42-39-36-33-30-26-23-20-17-14-11-8-5-2)55(53-56)49-46-43-40-37-34-31-27-24-21-18-15-12-9-6-3/h50,52-53H,4-49,51H2,1-3H3/q+1. The van der Waals surface area contributed by atoms with Crippen LogP contribution in [0.3, 0.4) is 0 Å². The number of hydrogen-bond acceptors (Lipinski definition) is 0. The smallest absolute Gasteiger partial charge is 0.172 e. The molecule has 1 nitrogen and oxygen atoms in total. The molecule has 0 saturated carbocycles. The zero-order valence-corrected chi connectivity index (χ0v) is 39.4. The van der Waals surface area contributed by atoms with Gasteiger partial charge in [-0.1, -0.05) is 278 Å². The Morgan fingerprint density at radius 2 is 0.500 bits per heavy atom. The summed E-state index contributed by atoms with van der Waals surface area (Å²) in [5.74, 6) is 0. The highest BCUT2D eigenvalue weighted by atomic mass is 14.9. The summed E-state index contributed by atoms with van der Waals surface area (Å²) in [7, 11) is 0. The van der Waals surface area contributed by atoms with Crippen molar-refractivity contribution in [2.45, 2.75) is 323 Å².